The van der Waals surface area contributed by atoms with Gasteiger partial charge < -0.3 is 10.3 Å². The second-order valence-corrected chi connectivity index (χ2v) is 7.06. The van der Waals surface area contributed by atoms with Crippen molar-refractivity contribution in [2.45, 2.75) is 10.8 Å². The van der Waals surface area contributed by atoms with E-state index in [4.69, 9.17) is 0 Å². The Balaban J connectivity index is 0.000000134. The minimum Gasteiger partial charge on any atom is -0.342 e. The van der Waals surface area contributed by atoms with Gasteiger partial charge in [0.1, 0.15) is 11.6 Å². The third kappa shape index (κ3) is 4.21. The summed E-state index contributed by atoms with van der Waals surface area (Å²) in [6, 6.07) is 22.4. The lowest BCUT2D eigenvalue weighted by Gasteiger charge is -2.24. The maximum absolute atomic E-state index is 12.7. The summed E-state index contributed by atoms with van der Waals surface area (Å²) in [4.78, 5) is 8.81. The Kier molecular flexibility index (Phi) is 5.23. The molecule has 3 aromatic carbocycles. The first-order chi connectivity index (χ1) is 13.2. The molecule has 3 nitrogen and oxygen atoms in total. The maximum atomic E-state index is 12.7. The van der Waals surface area contributed by atoms with Crippen molar-refractivity contribution in [2.75, 3.05) is 13.1 Å². The van der Waals surface area contributed by atoms with Gasteiger partial charge in [0, 0.05) is 23.9 Å². The number of thiol groups is 1. The van der Waals surface area contributed by atoms with Crippen molar-refractivity contribution in [3.63, 3.8) is 0 Å². The number of H-pyrrole nitrogens is 1. The molecular weight excluding hydrogens is 357 g/mol. The summed E-state index contributed by atoms with van der Waals surface area (Å²) in [7, 11) is 0. The number of aromatic amines is 1. The van der Waals surface area contributed by atoms with Crippen LogP contribution >= 0.6 is 12.6 Å². The molecule has 0 saturated carbocycles. The van der Waals surface area contributed by atoms with Crippen LogP contribution in [0.2, 0.25) is 0 Å². The van der Waals surface area contributed by atoms with Gasteiger partial charge >= 0.3 is 0 Å². The van der Waals surface area contributed by atoms with Gasteiger partial charge in [0.2, 0.25) is 0 Å². The first-order valence-electron chi connectivity index (χ1n) is 8.89. The number of rotatable bonds is 2. The van der Waals surface area contributed by atoms with Gasteiger partial charge in [-0.25, -0.2) is 9.37 Å². The number of hydrogen-bond donors (Lipinski definition) is 3. The molecule has 1 aromatic heterocycles. The minimum atomic E-state index is -0.209. The standard InChI is InChI=1S/C12H9FS.C10H11N3/c13-11-5-1-9(2-6-11)10-3-7-12(14)8-4-10;1-2-4-9-8(3-1)12-10(13-9)7-5-11-6-7/h1-8,14H;1-4,7,11H,5-6H2,(H,12,13). The molecule has 5 rings (SSSR count). The fourth-order valence-corrected chi connectivity index (χ4v) is 3.09. The molecule has 4 aromatic rings. The molecule has 2 heterocycles. The molecule has 0 aliphatic carbocycles. The normalized spacial score (nSPS) is 13.7. The smallest absolute Gasteiger partial charge is 0.123 e. The van der Waals surface area contributed by atoms with E-state index in [-0.39, 0.29) is 5.82 Å². The number of nitrogens with one attached hydrogen (secondary N) is 2. The molecule has 0 bridgehead atoms. The fraction of sp³-hybridized carbons (Fsp3) is 0.136. The molecular formula is C22H20FN3S. The summed E-state index contributed by atoms with van der Waals surface area (Å²) in [5.41, 5.74) is 4.30. The van der Waals surface area contributed by atoms with E-state index in [9.17, 15) is 4.39 Å². The fourth-order valence-electron chi connectivity index (χ4n) is 2.94. The van der Waals surface area contributed by atoms with Crippen LogP contribution in [0.1, 0.15) is 11.7 Å². The van der Waals surface area contributed by atoms with Gasteiger partial charge in [0.25, 0.3) is 0 Å². The van der Waals surface area contributed by atoms with E-state index in [1.807, 2.05) is 42.5 Å². The van der Waals surface area contributed by atoms with E-state index in [1.165, 1.54) is 12.1 Å². The SMILES string of the molecule is Fc1ccc(-c2ccc(S)cc2)cc1.c1ccc2[nH]c(C3CNC3)nc2c1. The highest BCUT2D eigenvalue weighted by Gasteiger charge is 2.21. The number of nitrogens with zero attached hydrogens (tertiary/aromatic N) is 1. The van der Waals surface area contributed by atoms with E-state index < -0.39 is 0 Å². The van der Waals surface area contributed by atoms with Crippen molar-refractivity contribution in [1.82, 2.24) is 15.3 Å². The average molecular weight is 377 g/mol. The zero-order valence-corrected chi connectivity index (χ0v) is 15.6. The predicted molar refractivity (Wildman–Crippen MR) is 111 cm³/mol. The molecule has 0 unspecified atom stereocenters. The topological polar surface area (TPSA) is 40.7 Å². The zero-order chi connectivity index (χ0) is 18.6. The van der Waals surface area contributed by atoms with Crippen molar-refractivity contribution in [3.8, 4) is 11.1 Å². The highest BCUT2D eigenvalue weighted by atomic mass is 32.1. The Labute approximate surface area is 163 Å². The van der Waals surface area contributed by atoms with E-state index in [0.29, 0.717) is 5.92 Å². The summed E-state index contributed by atoms with van der Waals surface area (Å²) in [6.45, 7) is 2.11. The Morgan fingerprint density at radius 2 is 1.48 bits per heavy atom. The van der Waals surface area contributed by atoms with Gasteiger partial charge in [-0.15, -0.1) is 12.6 Å². The third-order valence-electron chi connectivity index (χ3n) is 4.62. The Morgan fingerprint density at radius 3 is 2.07 bits per heavy atom. The number of hydrogen-bond acceptors (Lipinski definition) is 3. The maximum Gasteiger partial charge on any atom is 0.123 e. The van der Waals surface area contributed by atoms with Crippen LogP contribution in [0.15, 0.2) is 77.7 Å². The molecule has 1 fully saturated rings. The summed E-state index contributed by atoms with van der Waals surface area (Å²) in [6.07, 6.45) is 0. The molecule has 1 aliphatic rings. The summed E-state index contributed by atoms with van der Waals surface area (Å²) >= 11 is 4.20. The first kappa shape index (κ1) is 17.8. The van der Waals surface area contributed by atoms with Crippen molar-refractivity contribution >= 4 is 23.7 Å². The summed E-state index contributed by atoms with van der Waals surface area (Å²) in [5.74, 6) is 1.51. The van der Waals surface area contributed by atoms with Crippen LogP contribution in [0.4, 0.5) is 4.39 Å². The summed E-state index contributed by atoms with van der Waals surface area (Å²) < 4.78 is 12.7. The van der Waals surface area contributed by atoms with Crippen LogP contribution in [-0.4, -0.2) is 23.1 Å². The van der Waals surface area contributed by atoms with Crippen LogP contribution in [0, 0.1) is 5.82 Å². The number of fused-ring (bicyclic) bond motifs is 1. The Bertz CT molecular complexity index is 945. The molecule has 0 radical (unpaired) electrons. The molecule has 2 N–H and O–H groups in total. The van der Waals surface area contributed by atoms with Crippen LogP contribution < -0.4 is 5.32 Å². The lowest BCUT2D eigenvalue weighted by Crippen LogP contribution is -2.40. The number of imidazole rings is 1. The number of benzene rings is 3. The average Bonchev–Trinajstić information content (AvgIpc) is 3.05. The van der Waals surface area contributed by atoms with Crippen LogP contribution in [0.3, 0.4) is 0 Å². The highest BCUT2D eigenvalue weighted by molar-refractivity contribution is 7.80. The minimum absolute atomic E-state index is 0.209. The first-order valence-corrected chi connectivity index (χ1v) is 9.34. The van der Waals surface area contributed by atoms with E-state index in [1.54, 1.807) is 12.1 Å². The van der Waals surface area contributed by atoms with Gasteiger partial charge in [-0.2, -0.15) is 0 Å². The largest absolute Gasteiger partial charge is 0.342 e. The Morgan fingerprint density at radius 1 is 0.852 bits per heavy atom. The highest BCUT2D eigenvalue weighted by Crippen LogP contribution is 2.21. The van der Waals surface area contributed by atoms with Crippen molar-refractivity contribution < 1.29 is 4.39 Å². The molecule has 136 valence electrons. The monoisotopic (exact) mass is 377 g/mol. The molecule has 0 amide bonds. The molecule has 1 saturated heterocycles. The number of halogens is 1. The van der Waals surface area contributed by atoms with Gasteiger partial charge in [0.15, 0.2) is 0 Å². The third-order valence-corrected chi connectivity index (χ3v) is 4.92. The number of para-hydroxylation sites is 2. The van der Waals surface area contributed by atoms with Crippen molar-refractivity contribution in [1.29, 1.82) is 0 Å². The Hall–Kier alpha value is -2.63. The quantitative estimate of drug-likeness (QED) is 0.429. The van der Waals surface area contributed by atoms with Gasteiger partial charge in [-0.05, 0) is 47.5 Å². The second kappa shape index (κ2) is 7.94. The predicted octanol–water partition coefficient (Wildman–Crippen LogP) is 5.03. The van der Waals surface area contributed by atoms with Crippen molar-refractivity contribution in [3.05, 3.63) is 84.4 Å². The van der Waals surface area contributed by atoms with E-state index in [0.717, 1.165) is 46.0 Å². The lowest BCUT2D eigenvalue weighted by molar-refractivity contribution is 0.433. The van der Waals surface area contributed by atoms with Crippen molar-refractivity contribution in [2.24, 2.45) is 0 Å². The molecule has 0 atom stereocenters. The van der Waals surface area contributed by atoms with E-state index >= 15 is 0 Å². The second-order valence-electron chi connectivity index (χ2n) is 6.55. The number of aromatic nitrogens is 2. The van der Waals surface area contributed by atoms with E-state index in [2.05, 4.69) is 34.0 Å². The molecule has 1 aliphatic heterocycles. The zero-order valence-electron chi connectivity index (χ0n) is 14.7. The molecule has 5 heteroatoms. The summed E-state index contributed by atoms with van der Waals surface area (Å²) in [5, 5.41) is 3.24. The van der Waals surface area contributed by atoms with Crippen LogP contribution in [0.5, 0.6) is 0 Å². The van der Waals surface area contributed by atoms with Gasteiger partial charge in [0.05, 0.1) is 11.0 Å². The van der Waals surface area contributed by atoms with Gasteiger partial charge in [-0.1, -0.05) is 36.4 Å². The molecule has 27 heavy (non-hydrogen) atoms. The van der Waals surface area contributed by atoms with Gasteiger partial charge in [-0.3, -0.25) is 0 Å². The van der Waals surface area contributed by atoms with Crippen LogP contribution in [0.25, 0.3) is 22.2 Å². The lowest BCUT2D eigenvalue weighted by atomic mass is 10.0. The van der Waals surface area contributed by atoms with Crippen LogP contribution in [-0.2, 0) is 0 Å². The molecule has 0 spiro atoms.